The first-order valence-electron chi connectivity index (χ1n) is 7.41. The molecule has 0 spiro atoms. The van der Waals surface area contributed by atoms with Crippen molar-refractivity contribution in [2.24, 2.45) is 5.92 Å². The second-order valence-corrected chi connectivity index (χ2v) is 6.15. The standard InChI is InChI=1S/C17H19F3O3/c1-11(2)16(10-14(21)9-15(22)23-16)8-7-12-3-5-13(6-4-12)17(18,19)20/h3-6,9,11,21H,7-8,10H2,1-2H3. The third-order valence-corrected chi connectivity index (χ3v) is 4.24. The summed E-state index contributed by atoms with van der Waals surface area (Å²) in [4.78, 5) is 11.6. The van der Waals surface area contributed by atoms with Gasteiger partial charge in [-0.15, -0.1) is 0 Å². The molecular weight excluding hydrogens is 309 g/mol. The molecule has 1 unspecified atom stereocenters. The van der Waals surface area contributed by atoms with E-state index in [1.165, 1.54) is 12.1 Å². The number of carbonyl (C=O) groups is 1. The number of aryl methyl sites for hydroxylation is 1. The SMILES string of the molecule is CC(C)C1(CCc2ccc(C(F)(F)F)cc2)CC(O)=CC(=O)O1. The maximum atomic E-state index is 12.6. The molecule has 1 N–H and O–H groups in total. The van der Waals surface area contributed by atoms with Gasteiger partial charge in [-0.1, -0.05) is 26.0 Å². The zero-order valence-electron chi connectivity index (χ0n) is 13.0. The lowest BCUT2D eigenvalue weighted by Crippen LogP contribution is -2.43. The van der Waals surface area contributed by atoms with Crippen molar-refractivity contribution in [1.82, 2.24) is 0 Å². The fourth-order valence-electron chi connectivity index (χ4n) is 2.73. The summed E-state index contributed by atoms with van der Waals surface area (Å²) < 4.78 is 43.1. The number of halogens is 3. The Labute approximate surface area is 132 Å². The molecular formula is C17H19F3O3. The number of alkyl halides is 3. The Bertz CT molecular complexity index is 603. The van der Waals surface area contributed by atoms with Crippen LogP contribution in [0.4, 0.5) is 13.2 Å². The normalized spacial score (nSPS) is 22.0. The Morgan fingerprint density at radius 3 is 2.35 bits per heavy atom. The van der Waals surface area contributed by atoms with E-state index in [1.807, 2.05) is 13.8 Å². The second kappa shape index (κ2) is 6.26. The number of hydrogen-bond acceptors (Lipinski definition) is 3. The number of rotatable bonds is 4. The molecule has 126 valence electrons. The summed E-state index contributed by atoms with van der Waals surface area (Å²) in [5.74, 6) is -0.644. The van der Waals surface area contributed by atoms with Crippen LogP contribution in [0.5, 0.6) is 0 Å². The minimum absolute atomic E-state index is 0.0256. The lowest BCUT2D eigenvalue weighted by molar-refractivity contribution is -0.164. The number of aliphatic hydroxyl groups excluding tert-OH is 1. The maximum Gasteiger partial charge on any atom is 0.416 e. The third-order valence-electron chi connectivity index (χ3n) is 4.24. The van der Waals surface area contributed by atoms with Gasteiger partial charge in [0.2, 0.25) is 0 Å². The number of hydrogen-bond donors (Lipinski definition) is 1. The molecule has 6 heteroatoms. The van der Waals surface area contributed by atoms with Gasteiger partial charge in [0.1, 0.15) is 11.4 Å². The molecule has 0 saturated carbocycles. The van der Waals surface area contributed by atoms with Gasteiger partial charge in [0.15, 0.2) is 0 Å². The largest absolute Gasteiger partial charge is 0.512 e. The lowest BCUT2D eigenvalue weighted by Gasteiger charge is -2.39. The van der Waals surface area contributed by atoms with Crippen molar-refractivity contribution in [2.45, 2.75) is 44.9 Å². The van der Waals surface area contributed by atoms with Crippen LogP contribution in [0.3, 0.4) is 0 Å². The number of aliphatic hydroxyl groups is 1. The van der Waals surface area contributed by atoms with Crippen LogP contribution in [0.15, 0.2) is 36.1 Å². The molecule has 0 amide bonds. The van der Waals surface area contributed by atoms with Crippen LogP contribution in [0.1, 0.15) is 37.8 Å². The molecule has 1 atom stereocenters. The highest BCUT2D eigenvalue weighted by Gasteiger charge is 2.41. The lowest BCUT2D eigenvalue weighted by atomic mass is 9.80. The van der Waals surface area contributed by atoms with E-state index in [9.17, 15) is 23.1 Å². The summed E-state index contributed by atoms with van der Waals surface area (Å²) in [6.07, 6.45) is -2.19. The van der Waals surface area contributed by atoms with Crippen molar-refractivity contribution in [2.75, 3.05) is 0 Å². The molecule has 1 aliphatic heterocycles. The minimum Gasteiger partial charge on any atom is -0.512 e. The molecule has 0 aliphatic carbocycles. The summed E-state index contributed by atoms with van der Waals surface area (Å²) in [6.45, 7) is 3.78. The van der Waals surface area contributed by atoms with Crippen molar-refractivity contribution in [3.05, 3.63) is 47.2 Å². The second-order valence-electron chi connectivity index (χ2n) is 6.15. The summed E-state index contributed by atoms with van der Waals surface area (Å²) >= 11 is 0. The summed E-state index contributed by atoms with van der Waals surface area (Å²) in [6, 6.07) is 4.94. The minimum atomic E-state index is -4.35. The van der Waals surface area contributed by atoms with Crippen molar-refractivity contribution in [1.29, 1.82) is 0 Å². The van der Waals surface area contributed by atoms with Crippen molar-refractivity contribution >= 4 is 5.97 Å². The topological polar surface area (TPSA) is 46.5 Å². The number of carbonyl (C=O) groups excluding carboxylic acids is 1. The molecule has 1 heterocycles. The van der Waals surface area contributed by atoms with Gasteiger partial charge >= 0.3 is 12.1 Å². The molecule has 1 aromatic rings. The molecule has 0 fully saturated rings. The van der Waals surface area contributed by atoms with Crippen LogP contribution in [0, 0.1) is 5.92 Å². The van der Waals surface area contributed by atoms with E-state index in [0.29, 0.717) is 12.8 Å². The third kappa shape index (κ3) is 4.06. The molecule has 2 rings (SSSR count). The van der Waals surface area contributed by atoms with E-state index in [1.54, 1.807) is 0 Å². The Balaban J connectivity index is 2.11. The Kier molecular flexibility index (Phi) is 4.73. The molecule has 0 radical (unpaired) electrons. The number of benzene rings is 1. The molecule has 1 aromatic carbocycles. The molecule has 1 aliphatic rings. The first-order valence-corrected chi connectivity index (χ1v) is 7.41. The summed E-state index contributed by atoms with van der Waals surface area (Å²) in [5, 5.41) is 9.72. The quantitative estimate of drug-likeness (QED) is 0.832. The van der Waals surface area contributed by atoms with Gasteiger partial charge in [0.25, 0.3) is 0 Å². The van der Waals surface area contributed by atoms with Crippen LogP contribution < -0.4 is 0 Å². The molecule has 0 aromatic heterocycles. The van der Waals surface area contributed by atoms with Crippen LogP contribution >= 0.6 is 0 Å². The summed E-state index contributed by atoms with van der Waals surface area (Å²) in [5.41, 5.74) is -0.800. The monoisotopic (exact) mass is 328 g/mol. The van der Waals surface area contributed by atoms with Crippen molar-refractivity contribution in [3.8, 4) is 0 Å². The Hall–Kier alpha value is -1.98. The van der Waals surface area contributed by atoms with E-state index in [-0.39, 0.29) is 18.1 Å². The van der Waals surface area contributed by atoms with Crippen LogP contribution in [0.25, 0.3) is 0 Å². The van der Waals surface area contributed by atoms with E-state index < -0.39 is 23.3 Å². The van der Waals surface area contributed by atoms with Gasteiger partial charge < -0.3 is 9.84 Å². The van der Waals surface area contributed by atoms with E-state index in [2.05, 4.69) is 0 Å². The zero-order chi connectivity index (χ0) is 17.3. The van der Waals surface area contributed by atoms with Gasteiger partial charge in [-0.05, 0) is 36.5 Å². The number of esters is 1. The van der Waals surface area contributed by atoms with E-state index in [0.717, 1.165) is 23.8 Å². The first-order chi connectivity index (χ1) is 10.6. The summed E-state index contributed by atoms with van der Waals surface area (Å²) in [7, 11) is 0. The zero-order valence-corrected chi connectivity index (χ0v) is 13.0. The van der Waals surface area contributed by atoms with Crippen molar-refractivity contribution in [3.63, 3.8) is 0 Å². The molecule has 3 nitrogen and oxygen atoms in total. The molecule has 0 bridgehead atoms. The highest BCUT2D eigenvalue weighted by molar-refractivity contribution is 5.83. The highest BCUT2D eigenvalue weighted by atomic mass is 19.4. The van der Waals surface area contributed by atoms with Gasteiger partial charge in [-0.2, -0.15) is 13.2 Å². The van der Waals surface area contributed by atoms with E-state index >= 15 is 0 Å². The predicted molar refractivity (Wildman–Crippen MR) is 78.8 cm³/mol. The first kappa shape index (κ1) is 17.4. The average Bonchev–Trinajstić information content (AvgIpc) is 2.43. The Morgan fingerprint density at radius 2 is 1.87 bits per heavy atom. The van der Waals surface area contributed by atoms with Gasteiger partial charge in [0, 0.05) is 6.42 Å². The number of cyclic esters (lactones) is 1. The van der Waals surface area contributed by atoms with Crippen LogP contribution in [-0.2, 0) is 22.1 Å². The fraction of sp³-hybridized carbons (Fsp3) is 0.471. The molecule has 0 saturated heterocycles. The van der Waals surface area contributed by atoms with Crippen LogP contribution in [-0.4, -0.2) is 16.7 Å². The average molecular weight is 328 g/mol. The van der Waals surface area contributed by atoms with E-state index in [4.69, 9.17) is 4.74 Å². The van der Waals surface area contributed by atoms with Gasteiger partial charge in [-0.25, -0.2) is 4.79 Å². The predicted octanol–water partition coefficient (Wildman–Crippen LogP) is 4.42. The van der Waals surface area contributed by atoms with Crippen molar-refractivity contribution < 1.29 is 27.8 Å². The fourth-order valence-corrected chi connectivity index (χ4v) is 2.73. The number of ether oxygens (including phenoxy) is 1. The highest BCUT2D eigenvalue weighted by Crippen LogP contribution is 2.37. The maximum absolute atomic E-state index is 12.6. The smallest absolute Gasteiger partial charge is 0.416 e. The van der Waals surface area contributed by atoms with Gasteiger partial charge in [-0.3, -0.25) is 0 Å². The molecule has 23 heavy (non-hydrogen) atoms. The van der Waals surface area contributed by atoms with Crippen LogP contribution in [0.2, 0.25) is 0 Å². The Morgan fingerprint density at radius 1 is 1.26 bits per heavy atom. The van der Waals surface area contributed by atoms with Gasteiger partial charge in [0.05, 0.1) is 11.6 Å².